The van der Waals surface area contributed by atoms with Crippen LogP contribution >= 0.6 is 20.7 Å². The van der Waals surface area contributed by atoms with Crippen molar-refractivity contribution in [1.82, 2.24) is 0 Å². The highest BCUT2D eigenvalue weighted by atomic mass is 32.9. The summed E-state index contributed by atoms with van der Waals surface area (Å²) in [5.74, 6) is 1.52. The molecule has 6 heteroatoms. The largest absolute Gasteiger partial charge is 0.493 e. The van der Waals surface area contributed by atoms with Crippen LogP contribution in [0.25, 0.3) is 11.1 Å². The van der Waals surface area contributed by atoms with Crippen molar-refractivity contribution in [2.45, 2.75) is 39.7 Å². The maximum atomic E-state index is 5.43. The lowest BCUT2D eigenvalue weighted by Crippen LogP contribution is -2.31. The molecular weight excluding hydrogens is 412 g/mol. The molecular formula is C24H28N2O2S2. The maximum absolute atomic E-state index is 5.43. The number of aryl methyl sites for hydroxylation is 2. The van der Waals surface area contributed by atoms with E-state index in [1.165, 1.54) is 38.4 Å². The smallest absolute Gasteiger partial charge is 0.160 e. The van der Waals surface area contributed by atoms with Crippen LogP contribution in [0.3, 0.4) is 0 Å². The fraction of sp³-hybridized carbons (Fsp3) is 0.375. The Bertz CT molecular complexity index is 1160. The molecule has 1 N–H and O–H groups in total. The highest BCUT2D eigenvalue weighted by Gasteiger charge is 2.33. The van der Waals surface area contributed by atoms with E-state index in [1.807, 2.05) is 22.5 Å². The summed E-state index contributed by atoms with van der Waals surface area (Å²) in [7, 11) is 6.95. The minimum atomic E-state index is -0.0949. The lowest BCUT2D eigenvalue weighted by atomic mass is 9.88. The number of hydrogen-bond acceptors (Lipinski definition) is 6. The average Bonchev–Trinajstić information content (AvgIpc) is 3.15. The number of methoxy groups -OCH3 is 2. The van der Waals surface area contributed by atoms with E-state index >= 15 is 0 Å². The van der Waals surface area contributed by atoms with Gasteiger partial charge in [-0.3, -0.25) is 4.99 Å². The molecule has 158 valence electrons. The van der Waals surface area contributed by atoms with Gasteiger partial charge >= 0.3 is 0 Å². The van der Waals surface area contributed by atoms with E-state index in [4.69, 9.17) is 14.5 Å². The molecule has 1 aliphatic heterocycles. The van der Waals surface area contributed by atoms with Crippen molar-refractivity contribution in [2.24, 2.45) is 4.99 Å². The van der Waals surface area contributed by atoms with E-state index in [-0.39, 0.29) is 5.54 Å². The Morgan fingerprint density at radius 1 is 0.967 bits per heavy atom. The van der Waals surface area contributed by atoms with Crippen LogP contribution in [0.15, 0.2) is 35.3 Å². The summed E-state index contributed by atoms with van der Waals surface area (Å²) >= 11 is 0. The summed E-state index contributed by atoms with van der Waals surface area (Å²) in [5.41, 5.74) is 7.51. The third-order valence-corrected chi connectivity index (χ3v) is 8.35. The van der Waals surface area contributed by atoms with E-state index in [9.17, 15) is 0 Å². The van der Waals surface area contributed by atoms with Crippen LogP contribution in [-0.4, -0.2) is 20.8 Å². The Balaban J connectivity index is 1.68. The second kappa shape index (κ2) is 8.08. The van der Waals surface area contributed by atoms with Crippen molar-refractivity contribution in [2.75, 3.05) is 26.1 Å². The molecule has 0 unspecified atom stereocenters. The van der Waals surface area contributed by atoms with Crippen LogP contribution in [-0.2, 0) is 12.0 Å². The quantitative estimate of drug-likeness (QED) is 0.501. The van der Waals surface area contributed by atoms with Crippen molar-refractivity contribution in [3.8, 4) is 22.6 Å². The Hall–Kier alpha value is -2.31. The highest BCUT2D eigenvalue weighted by molar-refractivity contribution is 7.68. The predicted molar refractivity (Wildman–Crippen MR) is 127 cm³/mol. The Morgan fingerprint density at radius 3 is 2.43 bits per heavy atom. The highest BCUT2D eigenvalue weighted by Crippen LogP contribution is 2.45. The van der Waals surface area contributed by atoms with E-state index in [0.717, 1.165) is 29.1 Å². The third kappa shape index (κ3) is 3.74. The first-order chi connectivity index (χ1) is 14.3. The third-order valence-electron chi connectivity index (χ3n) is 5.67. The zero-order valence-electron chi connectivity index (χ0n) is 18.4. The van der Waals surface area contributed by atoms with Crippen LogP contribution < -0.4 is 19.5 Å². The molecule has 0 saturated carbocycles. The molecule has 0 amide bonds. The molecule has 4 rings (SSSR count). The van der Waals surface area contributed by atoms with Crippen molar-refractivity contribution >= 4 is 26.4 Å². The molecule has 2 heterocycles. The Morgan fingerprint density at radius 2 is 1.70 bits per heavy atom. The molecule has 0 radical (unpaired) electrons. The number of nitrogens with zero attached hydrogens (tertiary/aromatic N) is 1. The van der Waals surface area contributed by atoms with Crippen LogP contribution in [0, 0.1) is 13.8 Å². The van der Waals surface area contributed by atoms with Crippen LogP contribution in [0.5, 0.6) is 11.5 Å². The van der Waals surface area contributed by atoms with Crippen molar-refractivity contribution in [3.05, 3.63) is 56.6 Å². The minimum absolute atomic E-state index is 0.0949. The molecule has 0 atom stereocenters. The molecule has 0 aliphatic carbocycles. The SMILES string of the molecule is COc1ccc(CCN=c2ssc3c2-c2cc(C)c(C)cc2NC3(C)C)cc1OC. The molecule has 2 aromatic carbocycles. The standard InChI is InChI=1S/C24H28N2O2S2/c1-14-11-17-18(12-15(14)2)26-24(3,4)22-21(17)23(30-29-22)25-10-9-16-7-8-19(27-5)20(13-16)28-6/h7-8,11-13,26H,9-10H2,1-6H3. The second-order valence-corrected chi connectivity index (χ2v) is 10.4. The molecule has 3 aromatic rings. The van der Waals surface area contributed by atoms with Gasteiger partial charge in [0.25, 0.3) is 0 Å². The number of rotatable bonds is 5. The molecule has 0 bridgehead atoms. The van der Waals surface area contributed by atoms with Crippen molar-refractivity contribution in [1.29, 1.82) is 0 Å². The normalized spacial score (nSPS) is 14.7. The van der Waals surface area contributed by atoms with E-state index in [0.29, 0.717) is 0 Å². The number of ether oxygens (including phenoxy) is 2. The molecule has 1 aromatic heterocycles. The first-order valence-electron chi connectivity index (χ1n) is 10.1. The van der Waals surface area contributed by atoms with E-state index < -0.39 is 0 Å². The van der Waals surface area contributed by atoms with Gasteiger partial charge < -0.3 is 14.8 Å². The zero-order valence-corrected chi connectivity index (χ0v) is 20.0. The fourth-order valence-corrected chi connectivity index (χ4v) is 6.85. The summed E-state index contributed by atoms with van der Waals surface area (Å²) in [4.78, 5) is 6.39. The van der Waals surface area contributed by atoms with Gasteiger partial charge in [0.1, 0.15) is 4.67 Å². The van der Waals surface area contributed by atoms with E-state index in [1.54, 1.807) is 24.6 Å². The summed E-state index contributed by atoms with van der Waals surface area (Å²) in [6.45, 7) is 9.59. The number of hydrogen-bond donors (Lipinski definition) is 1. The van der Waals surface area contributed by atoms with Gasteiger partial charge in [-0.2, -0.15) is 0 Å². The number of nitrogens with one attached hydrogen (secondary N) is 1. The summed E-state index contributed by atoms with van der Waals surface area (Å²) in [6, 6.07) is 10.6. The van der Waals surface area contributed by atoms with Gasteiger partial charge in [0.15, 0.2) is 11.5 Å². The Kier molecular flexibility index (Phi) is 5.64. The van der Waals surface area contributed by atoms with Gasteiger partial charge in [-0.1, -0.05) is 26.7 Å². The van der Waals surface area contributed by atoms with E-state index in [2.05, 4.69) is 51.2 Å². The van der Waals surface area contributed by atoms with Gasteiger partial charge in [0.05, 0.1) is 24.6 Å². The summed E-state index contributed by atoms with van der Waals surface area (Å²) in [6.07, 6.45) is 0.860. The zero-order chi connectivity index (χ0) is 21.5. The van der Waals surface area contributed by atoms with Gasteiger partial charge in [-0.15, -0.1) is 0 Å². The molecule has 1 aliphatic rings. The molecule has 30 heavy (non-hydrogen) atoms. The minimum Gasteiger partial charge on any atom is -0.493 e. The second-order valence-electron chi connectivity index (χ2n) is 8.23. The number of fused-ring (bicyclic) bond motifs is 3. The Labute approximate surface area is 185 Å². The topological polar surface area (TPSA) is 42.8 Å². The lowest BCUT2D eigenvalue weighted by molar-refractivity contribution is 0.354. The summed E-state index contributed by atoms with van der Waals surface area (Å²) < 4.78 is 11.9. The lowest BCUT2D eigenvalue weighted by Gasteiger charge is -2.34. The van der Waals surface area contributed by atoms with Crippen LogP contribution in [0.1, 0.15) is 35.4 Å². The number of benzene rings is 2. The monoisotopic (exact) mass is 440 g/mol. The van der Waals surface area contributed by atoms with Crippen molar-refractivity contribution in [3.63, 3.8) is 0 Å². The van der Waals surface area contributed by atoms with Crippen molar-refractivity contribution < 1.29 is 9.47 Å². The van der Waals surface area contributed by atoms with Gasteiger partial charge in [0.2, 0.25) is 0 Å². The fourth-order valence-electron chi connectivity index (χ4n) is 3.86. The van der Waals surface area contributed by atoms with Crippen LogP contribution in [0.4, 0.5) is 5.69 Å². The average molecular weight is 441 g/mol. The first kappa shape index (κ1) is 20.9. The van der Waals surface area contributed by atoms with Gasteiger partial charge in [0, 0.05) is 23.4 Å². The first-order valence-corrected chi connectivity index (χ1v) is 12.2. The predicted octanol–water partition coefficient (Wildman–Crippen LogP) is 5.91. The van der Waals surface area contributed by atoms with Gasteiger partial charge in [-0.25, -0.2) is 0 Å². The summed E-state index contributed by atoms with van der Waals surface area (Å²) in [5, 5.41) is 3.73. The molecule has 0 spiro atoms. The molecule has 0 fully saturated rings. The number of anilines is 1. The van der Waals surface area contributed by atoms with Crippen LogP contribution in [0.2, 0.25) is 0 Å². The maximum Gasteiger partial charge on any atom is 0.160 e. The molecule has 0 saturated heterocycles. The molecule has 4 nitrogen and oxygen atoms in total. The van der Waals surface area contributed by atoms with Gasteiger partial charge in [-0.05, 0) is 75.1 Å².